The molecule has 0 fully saturated rings. The third-order valence-electron chi connectivity index (χ3n) is 2.35. The molecule has 0 radical (unpaired) electrons. The van der Waals surface area contributed by atoms with Gasteiger partial charge in [0.25, 0.3) is 0 Å². The Morgan fingerprint density at radius 3 is 2.81 bits per heavy atom. The van der Waals surface area contributed by atoms with Gasteiger partial charge in [-0.2, -0.15) is 0 Å². The fourth-order valence-corrected chi connectivity index (χ4v) is 2.11. The Morgan fingerprint density at radius 1 is 1.56 bits per heavy atom. The van der Waals surface area contributed by atoms with E-state index in [2.05, 4.69) is 22.6 Å². The highest BCUT2D eigenvalue weighted by Crippen LogP contribution is 2.17. The molecule has 0 aliphatic heterocycles. The summed E-state index contributed by atoms with van der Waals surface area (Å²) in [6, 6.07) is 0.412. The third-order valence-corrected chi connectivity index (χ3v) is 3.41. The average Bonchev–Trinajstić information content (AvgIpc) is 2.73. The van der Waals surface area contributed by atoms with Crippen molar-refractivity contribution >= 4 is 16.5 Å². The van der Waals surface area contributed by atoms with Crippen LogP contribution >= 0.6 is 11.3 Å². The van der Waals surface area contributed by atoms with E-state index in [4.69, 9.17) is 4.74 Å². The second-order valence-corrected chi connectivity index (χ2v) is 4.79. The van der Waals surface area contributed by atoms with E-state index < -0.39 is 0 Å². The molecular weight excluding hydrogens is 222 g/mol. The van der Waals surface area contributed by atoms with E-state index in [1.165, 1.54) is 0 Å². The Morgan fingerprint density at radius 2 is 2.31 bits per heavy atom. The summed E-state index contributed by atoms with van der Waals surface area (Å²) in [6.07, 6.45) is 1.07. The van der Waals surface area contributed by atoms with Crippen LogP contribution < -0.4 is 10.2 Å². The molecule has 1 atom stereocenters. The zero-order chi connectivity index (χ0) is 12.0. The van der Waals surface area contributed by atoms with Crippen LogP contribution in [-0.2, 0) is 11.3 Å². The van der Waals surface area contributed by atoms with Crippen LogP contribution in [0.15, 0.2) is 5.38 Å². The molecule has 0 bridgehead atoms. The molecule has 0 spiro atoms. The second-order valence-electron chi connectivity index (χ2n) is 3.96. The minimum Gasteiger partial charge on any atom is -0.383 e. The molecule has 4 nitrogen and oxygen atoms in total. The molecule has 92 valence electrons. The molecule has 1 aromatic rings. The van der Waals surface area contributed by atoms with Gasteiger partial charge in [0, 0.05) is 39.2 Å². The lowest BCUT2D eigenvalue weighted by molar-refractivity contribution is 0.163. The number of ether oxygens (including phenoxy) is 1. The summed E-state index contributed by atoms with van der Waals surface area (Å²) in [7, 11) is 5.75. The van der Waals surface area contributed by atoms with Gasteiger partial charge in [-0.25, -0.2) is 4.98 Å². The number of hydrogen-bond acceptors (Lipinski definition) is 5. The highest BCUT2D eigenvalue weighted by molar-refractivity contribution is 7.13. The zero-order valence-electron chi connectivity index (χ0n) is 10.5. The Labute approximate surface area is 102 Å². The van der Waals surface area contributed by atoms with Crippen LogP contribution in [0.25, 0.3) is 0 Å². The molecule has 1 heterocycles. The summed E-state index contributed by atoms with van der Waals surface area (Å²) in [4.78, 5) is 6.55. The summed E-state index contributed by atoms with van der Waals surface area (Å²) in [5, 5.41) is 6.59. The molecule has 0 saturated heterocycles. The molecule has 0 aliphatic rings. The van der Waals surface area contributed by atoms with E-state index in [1.54, 1.807) is 18.4 Å². The Hall–Kier alpha value is -0.650. The Bertz CT molecular complexity index is 301. The van der Waals surface area contributed by atoms with Crippen molar-refractivity contribution in [1.82, 2.24) is 10.3 Å². The number of methoxy groups -OCH3 is 1. The normalized spacial score (nSPS) is 12.8. The molecular formula is C11H21N3OS. The van der Waals surface area contributed by atoms with Gasteiger partial charge in [0.15, 0.2) is 5.13 Å². The molecule has 0 aliphatic carbocycles. The van der Waals surface area contributed by atoms with Crippen molar-refractivity contribution in [3.8, 4) is 0 Å². The summed E-state index contributed by atoms with van der Waals surface area (Å²) < 4.78 is 5.14. The first-order chi connectivity index (χ1) is 7.67. The van der Waals surface area contributed by atoms with E-state index in [0.29, 0.717) is 6.04 Å². The van der Waals surface area contributed by atoms with Crippen molar-refractivity contribution < 1.29 is 4.74 Å². The largest absolute Gasteiger partial charge is 0.383 e. The number of thiazole rings is 1. The highest BCUT2D eigenvalue weighted by atomic mass is 32.1. The maximum absolute atomic E-state index is 5.14. The molecule has 1 unspecified atom stereocenters. The van der Waals surface area contributed by atoms with Crippen molar-refractivity contribution in [2.45, 2.75) is 25.9 Å². The van der Waals surface area contributed by atoms with Crippen LogP contribution in [0.5, 0.6) is 0 Å². The number of nitrogens with one attached hydrogen (secondary N) is 1. The smallest absolute Gasteiger partial charge is 0.185 e. The molecule has 1 rings (SSSR count). The van der Waals surface area contributed by atoms with Gasteiger partial charge in [-0.15, -0.1) is 11.3 Å². The molecule has 5 heteroatoms. The lowest BCUT2D eigenvalue weighted by Crippen LogP contribution is -2.32. The van der Waals surface area contributed by atoms with Crippen molar-refractivity contribution in [1.29, 1.82) is 0 Å². The van der Waals surface area contributed by atoms with Gasteiger partial charge in [-0.1, -0.05) is 6.92 Å². The van der Waals surface area contributed by atoms with Crippen LogP contribution in [0.4, 0.5) is 5.13 Å². The Kier molecular flexibility index (Phi) is 5.73. The molecule has 16 heavy (non-hydrogen) atoms. The average molecular weight is 243 g/mol. The minimum atomic E-state index is 0.412. The van der Waals surface area contributed by atoms with Gasteiger partial charge in [0.2, 0.25) is 0 Å². The number of nitrogens with zero attached hydrogens (tertiary/aromatic N) is 2. The molecule has 1 aromatic heterocycles. The summed E-state index contributed by atoms with van der Waals surface area (Å²) in [5.74, 6) is 0. The quantitative estimate of drug-likeness (QED) is 0.791. The van der Waals surface area contributed by atoms with Crippen molar-refractivity contribution in [2.75, 3.05) is 32.7 Å². The Balaban J connectivity index is 2.41. The summed E-state index contributed by atoms with van der Waals surface area (Å²) in [5.41, 5.74) is 1.10. The van der Waals surface area contributed by atoms with Crippen LogP contribution in [0.1, 0.15) is 19.0 Å². The number of aromatic nitrogens is 1. The van der Waals surface area contributed by atoms with Crippen LogP contribution in [0.3, 0.4) is 0 Å². The predicted molar refractivity (Wildman–Crippen MR) is 69.2 cm³/mol. The van der Waals surface area contributed by atoms with Gasteiger partial charge in [-0.05, 0) is 6.42 Å². The van der Waals surface area contributed by atoms with E-state index in [1.807, 2.05) is 19.0 Å². The van der Waals surface area contributed by atoms with E-state index in [-0.39, 0.29) is 0 Å². The minimum absolute atomic E-state index is 0.412. The lowest BCUT2D eigenvalue weighted by atomic mass is 10.2. The topological polar surface area (TPSA) is 37.4 Å². The maximum atomic E-state index is 5.14. The van der Waals surface area contributed by atoms with Crippen molar-refractivity contribution in [3.63, 3.8) is 0 Å². The zero-order valence-corrected chi connectivity index (χ0v) is 11.3. The van der Waals surface area contributed by atoms with Crippen LogP contribution in [0.2, 0.25) is 0 Å². The monoisotopic (exact) mass is 243 g/mol. The SMILES string of the molecule is CCC(COC)NCc1csc(N(C)C)n1. The first-order valence-electron chi connectivity index (χ1n) is 5.51. The first kappa shape index (κ1) is 13.4. The fourth-order valence-electron chi connectivity index (χ4n) is 1.35. The van der Waals surface area contributed by atoms with Crippen LogP contribution in [-0.4, -0.2) is 38.8 Å². The third kappa shape index (κ3) is 4.08. The maximum Gasteiger partial charge on any atom is 0.185 e. The van der Waals surface area contributed by atoms with Crippen molar-refractivity contribution in [2.24, 2.45) is 0 Å². The number of hydrogen-bond donors (Lipinski definition) is 1. The van der Waals surface area contributed by atoms with Gasteiger partial charge in [-0.3, -0.25) is 0 Å². The van der Waals surface area contributed by atoms with E-state index in [0.717, 1.165) is 30.4 Å². The fraction of sp³-hybridized carbons (Fsp3) is 0.727. The summed E-state index contributed by atoms with van der Waals surface area (Å²) >= 11 is 1.67. The van der Waals surface area contributed by atoms with E-state index in [9.17, 15) is 0 Å². The molecule has 0 saturated carbocycles. The van der Waals surface area contributed by atoms with Gasteiger partial charge < -0.3 is 15.0 Å². The van der Waals surface area contributed by atoms with Gasteiger partial charge >= 0.3 is 0 Å². The second kappa shape index (κ2) is 6.83. The first-order valence-corrected chi connectivity index (χ1v) is 6.39. The summed E-state index contributed by atoms with van der Waals surface area (Å²) in [6.45, 7) is 3.72. The molecule has 0 amide bonds. The van der Waals surface area contributed by atoms with E-state index >= 15 is 0 Å². The lowest BCUT2D eigenvalue weighted by Gasteiger charge is -2.14. The van der Waals surface area contributed by atoms with Crippen LogP contribution in [0, 0.1) is 0 Å². The molecule has 1 N–H and O–H groups in total. The standard InChI is InChI=1S/C11H21N3OS/c1-5-9(7-15-4)12-6-10-8-16-11(13-10)14(2)3/h8-9,12H,5-7H2,1-4H3. The number of rotatable bonds is 7. The predicted octanol–water partition coefficient (Wildman–Crippen LogP) is 1.72. The van der Waals surface area contributed by atoms with Crippen molar-refractivity contribution in [3.05, 3.63) is 11.1 Å². The van der Waals surface area contributed by atoms with Gasteiger partial charge in [0.05, 0.1) is 12.3 Å². The number of anilines is 1. The highest BCUT2D eigenvalue weighted by Gasteiger charge is 2.07. The van der Waals surface area contributed by atoms with Gasteiger partial charge in [0.1, 0.15) is 0 Å². The molecule has 0 aromatic carbocycles.